The van der Waals surface area contributed by atoms with Crippen LogP contribution in [0.1, 0.15) is 37.3 Å². The minimum atomic E-state index is -0.0816. The summed E-state index contributed by atoms with van der Waals surface area (Å²) in [6, 6.07) is 9.97. The van der Waals surface area contributed by atoms with Crippen molar-refractivity contribution in [3.63, 3.8) is 0 Å². The largest absolute Gasteiger partial charge is 0.394 e. The van der Waals surface area contributed by atoms with E-state index in [9.17, 15) is 4.79 Å². The topological polar surface area (TPSA) is 48.0 Å². The Morgan fingerprint density at radius 2 is 1.81 bits per heavy atom. The summed E-state index contributed by atoms with van der Waals surface area (Å²) in [7, 11) is 0. The second-order valence-electron chi connectivity index (χ2n) is 5.64. The average molecular weight is 284 g/mol. The van der Waals surface area contributed by atoms with Crippen molar-refractivity contribution in [3.05, 3.63) is 51.8 Å². The van der Waals surface area contributed by atoms with Crippen LogP contribution < -0.4 is 11.3 Å². The number of nitrogens with zero attached hydrogens (tertiary/aromatic N) is 1. The first-order valence-corrected chi connectivity index (χ1v) is 7.61. The van der Waals surface area contributed by atoms with Crippen LogP contribution in [0, 0.1) is 13.8 Å². The second kappa shape index (κ2) is 6.61. The monoisotopic (exact) mass is 284 g/mol. The van der Waals surface area contributed by atoms with E-state index in [0.717, 1.165) is 37.1 Å². The molecule has 0 unspecified atom stereocenters. The van der Waals surface area contributed by atoms with Crippen molar-refractivity contribution in [2.45, 2.75) is 46.6 Å². The summed E-state index contributed by atoms with van der Waals surface area (Å²) in [6.07, 6.45) is 3.25. The molecule has 0 aliphatic heterocycles. The molecule has 2 N–H and O–H groups in total. The van der Waals surface area contributed by atoms with Gasteiger partial charge in [0.15, 0.2) is 0 Å². The maximum atomic E-state index is 12.3. The smallest absolute Gasteiger partial charge is 0.274 e. The van der Waals surface area contributed by atoms with Crippen LogP contribution in [-0.4, -0.2) is 4.57 Å². The van der Waals surface area contributed by atoms with Gasteiger partial charge in [0.25, 0.3) is 5.56 Å². The van der Waals surface area contributed by atoms with Crippen LogP contribution in [0.2, 0.25) is 0 Å². The third kappa shape index (κ3) is 3.35. The van der Waals surface area contributed by atoms with Gasteiger partial charge in [-0.2, -0.15) is 0 Å². The fourth-order valence-corrected chi connectivity index (χ4v) is 2.49. The normalized spacial score (nSPS) is 10.8. The van der Waals surface area contributed by atoms with Crippen LogP contribution in [0.25, 0.3) is 11.3 Å². The maximum Gasteiger partial charge on any atom is 0.274 e. The lowest BCUT2D eigenvalue weighted by Gasteiger charge is -2.15. The van der Waals surface area contributed by atoms with Crippen LogP contribution in [0.15, 0.2) is 35.1 Å². The Labute approximate surface area is 126 Å². The molecule has 0 saturated heterocycles. The number of pyridine rings is 1. The Hall–Kier alpha value is -2.03. The summed E-state index contributed by atoms with van der Waals surface area (Å²) >= 11 is 0. The number of nitrogen functional groups attached to an aromatic ring is 1. The molecule has 112 valence electrons. The number of aromatic nitrogens is 1. The number of unbranched alkanes of at least 4 members (excludes halogenated alkanes) is 2. The van der Waals surface area contributed by atoms with Gasteiger partial charge >= 0.3 is 0 Å². The summed E-state index contributed by atoms with van der Waals surface area (Å²) in [5.41, 5.74) is 10.5. The molecule has 0 bridgehead atoms. The first kappa shape index (κ1) is 15.4. The minimum Gasteiger partial charge on any atom is -0.394 e. The molecule has 0 radical (unpaired) electrons. The van der Waals surface area contributed by atoms with E-state index in [0.29, 0.717) is 5.69 Å². The van der Waals surface area contributed by atoms with Crippen molar-refractivity contribution in [2.75, 3.05) is 5.73 Å². The highest BCUT2D eigenvalue weighted by atomic mass is 16.1. The van der Waals surface area contributed by atoms with Gasteiger partial charge in [0.1, 0.15) is 0 Å². The van der Waals surface area contributed by atoms with Crippen LogP contribution >= 0.6 is 0 Å². The number of hydrogen-bond donors (Lipinski definition) is 1. The molecular formula is C18H24N2O. The Morgan fingerprint density at radius 3 is 2.48 bits per heavy atom. The van der Waals surface area contributed by atoms with Gasteiger partial charge in [-0.3, -0.25) is 4.79 Å². The van der Waals surface area contributed by atoms with Crippen molar-refractivity contribution in [2.24, 2.45) is 0 Å². The molecule has 0 fully saturated rings. The van der Waals surface area contributed by atoms with E-state index < -0.39 is 0 Å². The SMILES string of the molecule is CCCCCn1c(-c2ccc(C)c(C)c2)ccc(N)c1=O. The molecule has 21 heavy (non-hydrogen) atoms. The van der Waals surface area contributed by atoms with Gasteiger partial charge in [0, 0.05) is 6.54 Å². The molecule has 1 aromatic carbocycles. The quantitative estimate of drug-likeness (QED) is 0.846. The minimum absolute atomic E-state index is 0.0816. The van der Waals surface area contributed by atoms with Crippen molar-refractivity contribution >= 4 is 5.69 Å². The van der Waals surface area contributed by atoms with Crippen LogP contribution in [-0.2, 0) is 6.54 Å². The third-order valence-corrected chi connectivity index (χ3v) is 3.99. The van der Waals surface area contributed by atoms with E-state index in [2.05, 4.69) is 39.0 Å². The highest BCUT2D eigenvalue weighted by molar-refractivity contribution is 5.63. The van der Waals surface area contributed by atoms with Crippen LogP contribution in [0.3, 0.4) is 0 Å². The number of nitrogens with two attached hydrogens (primary N) is 1. The summed E-state index contributed by atoms with van der Waals surface area (Å²) in [5.74, 6) is 0. The molecular weight excluding hydrogens is 260 g/mol. The zero-order valence-electron chi connectivity index (χ0n) is 13.1. The second-order valence-corrected chi connectivity index (χ2v) is 5.64. The lowest BCUT2D eigenvalue weighted by atomic mass is 10.0. The van der Waals surface area contributed by atoms with E-state index in [1.165, 1.54) is 11.1 Å². The Balaban J connectivity index is 2.49. The molecule has 2 rings (SSSR count). The summed E-state index contributed by atoms with van der Waals surface area (Å²) in [4.78, 5) is 12.3. The number of hydrogen-bond acceptors (Lipinski definition) is 2. The van der Waals surface area contributed by atoms with Crippen LogP contribution in [0.4, 0.5) is 5.69 Å². The highest BCUT2D eigenvalue weighted by Gasteiger charge is 2.09. The number of anilines is 1. The predicted octanol–water partition coefficient (Wildman–Crippen LogP) is 3.90. The zero-order valence-corrected chi connectivity index (χ0v) is 13.1. The zero-order chi connectivity index (χ0) is 15.4. The molecule has 1 aromatic heterocycles. The van der Waals surface area contributed by atoms with E-state index in [4.69, 9.17) is 5.73 Å². The van der Waals surface area contributed by atoms with E-state index >= 15 is 0 Å². The molecule has 1 heterocycles. The summed E-state index contributed by atoms with van der Waals surface area (Å²) in [5, 5.41) is 0. The molecule has 0 spiro atoms. The molecule has 3 heteroatoms. The molecule has 2 aromatic rings. The van der Waals surface area contributed by atoms with Gasteiger partial charge in [-0.1, -0.05) is 31.9 Å². The molecule has 3 nitrogen and oxygen atoms in total. The molecule has 0 aliphatic carbocycles. The fourth-order valence-electron chi connectivity index (χ4n) is 2.49. The third-order valence-electron chi connectivity index (χ3n) is 3.99. The van der Waals surface area contributed by atoms with E-state index in [1.54, 1.807) is 6.07 Å². The van der Waals surface area contributed by atoms with Gasteiger partial charge in [-0.05, 0) is 55.2 Å². The van der Waals surface area contributed by atoms with Crippen LogP contribution in [0.5, 0.6) is 0 Å². The molecule has 0 atom stereocenters. The van der Waals surface area contributed by atoms with Gasteiger partial charge < -0.3 is 10.3 Å². The Bertz CT molecular complexity index is 686. The first-order chi connectivity index (χ1) is 10.0. The summed E-state index contributed by atoms with van der Waals surface area (Å²) < 4.78 is 1.81. The van der Waals surface area contributed by atoms with Crippen molar-refractivity contribution < 1.29 is 0 Å². The predicted molar refractivity (Wildman–Crippen MR) is 89.5 cm³/mol. The molecule has 0 amide bonds. The standard InChI is InChI=1S/C18H24N2O/c1-4-5-6-11-20-17(10-9-16(19)18(20)21)15-8-7-13(2)14(3)12-15/h7-10,12H,4-6,11,19H2,1-3H3. The Morgan fingerprint density at radius 1 is 1.05 bits per heavy atom. The van der Waals surface area contributed by atoms with Gasteiger partial charge in [0.05, 0.1) is 11.4 Å². The van der Waals surface area contributed by atoms with Crippen molar-refractivity contribution in [1.29, 1.82) is 0 Å². The average Bonchev–Trinajstić information content (AvgIpc) is 2.47. The van der Waals surface area contributed by atoms with Gasteiger partial charge in [-0.25, -0.2) is 0 Å². The lowest BCUT2D eigenvalue weighted by molar-refractivity contribution is 0.593. The number of aryl methyl sites for hydroxylation is 2. The van der Waals surface area contributed by atoms with E-state index in [1.807, 2.05) is 10.6 Å². The highest BCUT2D eigenvalue weighted by Crippen LogP contribution is 2.22. The summed E-state index contributed by atoms with van der Waals surface area (Å²) in [6.45, 7) is 7.07. The van der Waals surface area contributed by atoms with Crippen molar-refractivity contribution in [3.8, 4) is 11.3 Å². The first-order valence-electron chi connectivity index (χ1n) is 7.61. The van der Waals surface area contributed by atoms with Gasteiger partial charge in [0.2, 0.25) is 0 Å². The lowest BCUT2D eigenvalue weighted by Crippen LogP contribution is -2.24. The molecule has 0 saturated carbocycles. The Kier molecular flexibility index (Phi) is 4.84. The maximum absolute atomic E-state index is 12.3. The number of benzene rings is 1. The fraction of sp³-hybridized carbons (Fsp3) is 0.389. The van der Waals surface area contributed by atoms with Gasteiger partial charge in [-0.15, -0.1) is 0 Å². The molecule has 0 aliphatic rings. The number of rotatable bonds is 5. The van der Waals surface area contributed by atoms with E-state index in [-0.39, 0.29) is 5.56 Å². The van der Waals surface area contributed by atoms with Crippen molar-refractivity contribution in [1.82, 2.24) is 4.57 Å².